The van der Waals surface area contributed by atoms with Crippen molar-refractivity contribution in [1.29, 1.82) is 0 Å². The van der Waals surface area contributed by atoms with Gasteiger partial charge in [-0.05, 0) is 26.3 Å². The van der Waals surface area contributed by atoms with E-state index < -0.39 is 0 Å². The molecule has 0 amide bonds. The van der Waals surface area contributed by atoms with Crippen LogP contribution < -0.4 is 5.32 Å². The van der Waals surface area contributed by atoms with Gasteiger partial charge in [0.2, 0.25) is 0 Å². The van der Waals surface area contributed by atoms with Gasteiger partial charge in [-0.15, -0.1) is 0 Å². The molecule has 2 rings (SSSR count). The maximum atomic E-state index is 4.64. The van der Waals surface area contributed by atoms with Gasteiger partial charge in [0, 0.05) is 23.7 Å². The first kappa shape index (κ1) is 12.5. The summed E-state index contributed by atoms with van der Waals surface area (Å²) in [5.74, 6) is 0. The van der Waals surface area contributed by atoms with Crippen LogP contribution in [0.25, 0.3) is 0 Å². The lowest BCUT2D eigenvalue weighted by molar-refractivity contribution is 0.505. The number of amidine groups is 1. The van der Waals surface area contributed by atoms with E-state index in [2.05, 4.69) is 36.2 Å². The van der Waals surface area contributed by atoms with Crippen molar-refractivity contribution in [3.05, 3.63) is 18.5 Å². The van der Waals surface area contributed by atoms with Crippen LogP contribution in [0.15, 0.2) is 23.5 Å². The summed E-state index contributed by atoms with van der Waals surface area (Å²) in [6, 6.07) is 2.73. The molecule has 0 radical (unpaired) electrons. The van der Waals surface area contributed by atoms with Crippen LogP contribution in [0.3, 0.4) is 0 Å². The first-order valence-electron chi connectivity index (χ1n) is 6.12. The van der Waals surface area contributed by atoms with E-state index in [0.717, 1.165) is 11.7 Å². The molecule has 1 aliphatic heterocycles. The number of aromatic nitrogens is 2. The zero-order valence-corrected chi connectivity index (χ0v) is 11.4. The molecule has 0 bridgehead atoms. The fraction of sp³-hybridized carbons (Fsp3) is 0.667. The minimum Gasteiger partial charge on any atom is -0.361 e. The van der Waals surface area contributed by atoms with Gasteiger partial charge in [-0.25, -0.2) is 0 Å². The molecular formula is C12H20N4S. The highest BCUT2D eigenvalue weighted by Crippen LogP contribution is 2.24. The van der Waals surface area contributed by atoms with Crippen LogP contribution in [0.4, 0.5) is 0 Å². The molecule has 2 heterocycles. The van der Waals surface area contributed by atoms with Crippen LogP contribution in [-0.4, -0.2) is 32.3 Å². The Hall–Kier alpha value is -0.970. The highest BCUT2D eigenvalue weighted by atomic mass is 32.2. The van der Waals surface area contributed by atoms with Gasteiger partial charge in [-0.2, -0.15) is 5.10 Å². The van der Waals surface area contributed by atoms with Crippen LogP contribution in [-0.2, 0) is 6.54 Å². The van der Waals surface area contributed by atoms with Gasteiger partial charge in [0.1, 0.15) is 0 Å². The Morgan fingerprint density at radius 2 is 2.41 bits per heavy atom. The van der Waals surface area contributed by atoms with Gasteiger partial charge in [0.25, 0.3) is 0 Å². The average molecular weight is 252 g/mol. The maximum Gasteiger partial charge on any atom is 0.157 e. The second kappa shape index (κ2) is 5.58. The Balaban J connectivity index is 1.88. The summed E-state index contributed by atoms with van der Waals surface area (Å²) in [5.41, 5.74) is 0. The Kier molecular flexibility index (Phi) is 4.10. The van der Waals surface area contributed by atoms with Gasteiger partial charge in [0.15, 0.2) is 5.17 Å². The Morgan fingerprint density at radius 1 is 1.59 bits per heavy atom. The van der Waals surface area contributed by atoms with Crippen molar-refractivity contribution in [1.82, 2.24) is 15.1 Å². The smallest absolute Gasteiger partial charge is 0.157 e. The van der Waals surface area contributed by atoms with Crippen molar-refractivity contribution < 1.29 is 0 Å². The fourth-order valence-electron chi connectivity index (χ4n) is 2.02. The van der Waals surface area contributed by atoms with Crippen LogP contribution in [0, 0.1) is 0 Å². The summed E-state index contributed by atoms with van der Waals surface area (Å²) in [5, 5.41) is 9.41. The van der Waals surface area contributed by atoms with Crippen molar-refractivity contribution in [2.75, 3.05) is 0 Å². The molecule has 0 aromatic carbocycles. The van der Waals surface area contributed by atoms with Crippen molar-refractivity contribution in [2.45, 2.75) is 51.1 Å². The van der Waals surface area contributed by atoms with Crippen molar-refractivity contribution in [2.24, 2.45) is 4.99 Å². The van der Waals surface area contributed by atoms with Crippen LogP contribution in [0.2, 0.25) is 0 Å². The van der Waals surface area contributed by atoms with Gasteiger partial charge in [0.05, 0.1) is 12.6 Å². The molecule has 5 heteroatoms. The van der Waals surface area contributed by atoms with Crippen molar-refractivity contribution >= 4 is 16.9 Å². The Labute approximate surface area is 107 Å². The normalized spacial score (nSPS) is 26.4. The highest BCUT2D eigenvalue weighted by molar-refractivity contribution is 8.14. The molecule has 4 nitrogen and oxygen atoms in total. The van der Waals surface area contributed by atoms with Crippen LogP contribution >= 0.6 is 11.8 Å². The first-order chi connectivity index (χ1) is 8.13. The summed E-state index contributed by atoms with van der Waals surface area (Å²) in [6.45, 7) is 7.47. The molecule has 94 valence electrons. The summed E-state index contributed by atoms with van der Waals surface area (Å²) in [4.78, 5) is 4.64. The second-order valence-electron chi connectivity index (χ2n) is 4.72. The number of thioether (sulfide) groups is 1. The van der Waals surface area contributed by atoms with Gasteiger partial charge < -0.3 is 5.32 Å². The lowest BCUT2D eigenvalue weighted by atomic mass is 10.2. The Morgan fingerprint density at radius 3 is 3.06 bits per heavy atom. The minimum absolute atomic E-state index is 0.346. The molecule has 1 aromatic rings. The largest absolute Gasteiger partial charge is 0.361 e. The van der Waals surface area contributed by atoms with E-state index in [9.17, 15) is 0 Å². The monoisotopic (exact) mass is 252 g/mol. The summed E-state index contributed by atoms with van der Waals surface area (Å²) < 4.78 is 1.94. The molecule has 0 spiro atoms. The predicted octanol–water partition coefficient (Wildman–Crippen LogP) is 2.13. The zero-order chi connectivity index (χ0) is 12.3. The van der Waals surface area contributed by atoms with Crippen molar-refractivity contribution in [3.8, 4) is 0 Å². The second-order valence-corrected chi connectivity index (χ2v) is 6.15. The average Bonchev–Trinajstić information content (AvgIpc) is 2.67. The standard InChI is InChI=1S/C12H20N4S/c1-9-7-11(3)17-12(14-9)15-10(2)8-16-6-4-5-13-16/h4-6,9-11H,7-8H2,1-3H3,(H,14,15). The van der Waals surface area contributed by atoms with Gasteiger partial charge in [-0.3, -0.25) is 9.67 Å². The molecule has 1 aromatic heterocycles. The molecule has 17 heavy (non-hydrogen) atoms. The van der Waals surface area contributed by atoms with E-state index in [0.29, 0.717) is 17.3 Å². The quantitative estimate of drug-likeness (QED) is 0.896. The van der Waals surface area contributed by atoms with E-state index in [1.54, 1.807) is 0 Å². The molecule has 3 atom stereocenters. The van der Waals surface area contributed by atoms with E-state index in [1.807, 2.05) is 34.9 Å². The highest BCUT2D eigenvalue weighted by Gasteiger charge is 2.19. The molecule has 0 fully saturated rings. The van der Waals surface area contributed by atoms with Gasteiger partial charge in [-0.1, -0.05) is 18.7 Å². The number of nitrogens with one attached hydrogen (secondary N) is 1. The van der Waals surface area contributed by atoms with E-state index in [1.165, 1.54) is 6.42 Å². The zero-order valence-electron chi connectivity index (χ0n) is 10.6. The molecule has 3 unspecified atom stereocenters. The lowest BCUT2D eigenvalue weighted by Crippen LogP contribution is -2.37. The van der Waals surface area contributed by atoms with E-state index >= 15 is 0 Å². The van der Waals surface area contributed by atoms with E-state index in [4.69, 9.17) is 0 Å². The van der Waals surface area contributed by atoms with Gasteiger partial charge >= 0.3 is 0 Å². The topological polar surface area (TPSA) is 42.2 Å². The third-order valence-corrected chi connectivity index (χ3v) is 3.75. The summed E-state index contributed by atoms with van der Waals surface area (Å²) in [7, 11) is 0. The molecule has 0 saturated heterocycles. The number of hydrogen-bond donors (Lipinski definition) is 1. The van der Waals surface area contributed by atoms with Crippen LogP contribution in [0.1, 0.15) is 27.2 Å². The third kappa shape index (κ3) is 3.77. The Bertz CT molecular complexity index is 374. The maximum absolute atomic E-state index is 4.64. The van der Waals surface area contributed by atoms with E-state index in [-0.39, 0.29) is 0 Å². The predicted molar refractivity (Wildman–Crippen MR) is 73.4 cm³/mol. The summed E-state index contributed by atoms with van der Waals surface area (Å²) in [6.07, 6.45) is 4.96. The van der Waals surface area contributed by atoms with Crippen LogP contribution in [0.5, 0.6) is 0 Å². The summed E-state index contributed by atoms with van der Waals surface area (Å²) >= 11 is 1.84. The molecular weight excluding hydrogens is 232 g/mol. The molecule has 0 saturated carbocycles. The minimum atomic E-state index is 0.346. The lowest BCUT2D eigenvalue weighted by Gasteiger charge is -2.25. The third-order valence-electron chi connectivity index (χ3n) is 2.71. The molecule has 0 aliphatic carbocycles. The molecule has 1 aliphatic rings. The first-order valence-corrected chi connectivity index (χ1v) is 7.00. The number of aliphatic imine (C=N–C) groups is 1. The number of rotatable bonds is 3. The van der Waals surface area contributed by atoms with Crippen molar-refractivity contribution in [3.63, 3.8) is 0 Å². The number of nitrogens with zero attached hydrogens (tertiary/aromatic N) is 3. The fourth-order valence-corrected chi connectivity index (χ4v) is 3.28. The molecule has 1 N–H and O–H groups in total. The number of hydrogen-bond acceptors (Lipinski definition) is 4. The SMILES string of the molecule is CC1CC(C)SC(NC(C)Cn2cccn2)=N1.